The molecule has 4 rings (SSSR count). The van der Waals surface area contributed by atoms with Crippen LogP contribution in [0.3, 0.4) is 0 Å². The van der Waals surface area contributed by atoms with Crippen LogP contribution < -0.4 is 0 Å². The lowest BCUT2D eigenvalue weighted by atomic mass is 9.97. The molecular formula is C22H25ClN4O4. The lowest BCUT2D eigenvalue weighted by Gasteiger charge is -2.30. The maximum absolute atomic E-state index is 12.9. The van der Waals surface area contributed by atoms with Gasteiger partial charge in [-0.1, -0.05) is 23.7 Å². The maximum Gasteiger partial charge on any atom is 0.309 e. The Kier molecular flexibility index (Phi) is 6.27. The number of rotatable bonds is 5. The van der Waals surface area contributed by atoms with E-state index in [1.165, 1.54) is 0 Å². The van der Waals surface area contributed by atoms with Gasteiger partial charge in [0.2, 0.25) is 0 Å². The van der Waals surface area contributed by atoms with Crippen LogP contribution in [0.5, 0.6) is 0 Å². The molecule has 0 saturated carbocycles. The molecule has 1 fully saturated rings. The molecule has 31 heavy (non-hydrogen) atoms. The Hall–Kier alpha value is -2.87. The van der Waals surface area contributed by atoms with E-state index in [-0.39, 0.29) is 29.4 Å². The van der Waals surface area contributed by atoms with Gasteiger partial charge in [-0.15, -0.1) is 0 Å². The number of nitrogens with zero attached hydrogens (tertiary/aromatic N) is 4. The summed E-state index contributed by atoms with van der Waals surface area (Å²) >= 11 is 5.93. The van der Waals surface area contributed by atoms with Crippen LogP contribution in [0.25, 0.3) is 0 Å². The average molecular weight is 445 g/mol. The van der Waals surface area contributed by atoms with Crippen LogP contribution >= 0.6 is 11.6 Å². The normalized spacial score (nSPS) is 16.9. The molecule has 0 radical (unpaired) electrons. The molecule has 1 saturated heterocycles. The topological polar surface area (TPSA) is 84.7 Å². The van der Waals surface area contributed by atoms with E-state index in [0.29, 0.717) is 62.9 Å². The Morgan fingerprint density at radius 2 is 1.84 bits per heavy atom. The summed E-state index contributed by atoms with van der Waals surface area (Å²) < 4.78 is 6.69. The number of piperidine rings is 1. The fourth-order valence-corrected chi connectivity index (χ4v) is 4.17. The molecule has 2 aliphatic rings. The summed E-state index contributed by atoms with van der Waals surface area (Å²) in [5, 5.41) is 5.04. The number of likely N-dealkylation sites (tertiary alicyclic amines) is 1. The first-order chi connectivity index (χ1) is 15.0. The standard InChI is InChI=1S/C22H25ClN4O4/c1-2-31-22(30)16-7-9-25(10-8-16)20(28)18-13-19-21(29)26(11-12-27(19)24-18)14-15-3-5-17(23)6-4-15/h3-6,13,16H,2,7-12,14H2,1H3. The van der Waals surface area contributed by atoms with E-state index in [4.69, 9.17) is 16.3 Å². The highest BCUT2D eigenvalue weighted by atomic mass is 35.5. The number of hydrogen-bond donors (Lipinski definition) is 0. The van der Waals surface area contributed by atoms with Crippen LogP contribution in [0.2, 0.25) is 5.02 Å². The molecule has 0 spiro atoms. The smallest absolute Gasteiger partial charge is 0.309 e. The van der Waals surface area contributed by atoms with Crippen molar-refractivity contribution in [3.63, 3.8) is 0 Å². The number of amides is 2. The Morgan fingerprint density at radius 3 is 2.52 bits per heavy atom. The van der Waals surface area contributed by atoms with Gasteiger partial charge in [-0.2, -0.15) is 5.10 Å². The fourth-order valence-electron chi connectivity index (χ4n) is 4.04. The van der Waals surface area contributed by atoms with E-state index in [1.54, 1.807) is 39.6 Å². The van der Waals surface area contributed by atoms with Crippen molar-refractivity contribution in [1.82, 2.24) is 19.6 Å². The van der Waals surface area contributed by atoms with Gasteiger partial charge >= 0.3 is 5.97 Å². The number of benzene rings is 1. The molecule has 0 N–H and O–H groups in total. The van der Waals surface area contributed by atoms with Gasteiger partial charge in [-0.25, -0.2) is 0 Å². The third kappa shape index (κ3) is 4.58. The highest BCUT2D eigenvalue weighted by Crippen LogP contribution is 2.22. The summed E-state index contributed by atoms with van der Waals surface area (Å²) in [5.74, 6) is -0.712. The zero-order valence-corrected chi connectivity index (χ0v) is 18.2. The molecule has 0 atom stereocenters. The summed E-state index contributed by atoms with van der Waals surface area (Å²) in [5.41, 5.74) is 1.68. The average Bonchev–Trinajstić information content (AvgIpc) is 3.22. The number of carbonyl (C=O) groups excluding carboxylic acids is 3. The van der Waals surface area contributed by atoms with Crippen LogP contribution in [0.15, 0.2) is 30.3 Å². The predicted octanol–water partition coefficient (Wildman–Crippen LogP) is 2.61. The number of hydrogen-bond acceptors (Lipinski definition) is 5. The van der Waals surface area contributed by atoms with Crippen LogP contribution in [0.1, 0.15) is 46.3 Å². The van der Waals surface area contributed by atoms with Gasteiger partial charge in [0.1, 0.15) is 5.69 Å². The molecule has 1 aromatic heterocycles. The second-order valence-corrected chi connectivity index (χ2v) is 8.25. The van der Waals surface area contributed by atoms with Crippen LogP contribution in [-0.4, -0.2) is 63.6 Å². The first-order valence-corrected chi connectivity index (χ1v) is 10.9. The fraction of sp³-hybridized carbons (Fsp3) is 0.455. The number of halogens is 1. The minimum Gasteiger partial charge on any atom is -0.466 e. The van der Waals surface area contributed by atoms with E-state index >= 15 is 0 Å². The van der Waals surface area contributed by atoms with Crippen molar-refractivity contribution in [2.24, 2.45) is 5.92 Å². The molecule has 2 amide bonds. The van der Waals surface area contributed by atoms with Crippen molar-refractivity contribution in [3.8, 4) is 0 Å². The number of fused-ring (bicyclic) bond motifs is 1. The summed E-state index contributed by atoms with van der Waals surface area (Å²) in [6.07, 6.45) is 1.15. The molecule has 164 valence electrons. The van der Waals surface area contributed by atoms with Crippen molar-refractivity contribution in [2.45, 2.75) is 32.9 Å². The predicted molar refractivity (Wildman–Crippen MR) is 114 cm³/mol. The van der Waals surface area contributed by atoms with Crippen molar-refractivity contribution in [3.05, 3.63) is 52.3 Å². The Bertz CT molecular complexity index is 980. The van der Waals surface area contributed by atoms with E-state index in [1.807, 2.05) is 12.1 Å². The molecule has 9 heteroatoms. The van der Waals surface area contributed by atoms with Crippen molar-refractivity contribution >= 4 is 29.4 Å². The highest BCUT2D eigenvalue weighted by Gasteiger charge is 2.32. The van der Waals surface area contributed by atoms with Gasteiger partial charge in [-0.05, 0) is 37.5 Å². The van der Waals surface area contributed by atoms with Gasteiger partial charge in [-0.3, -0.25) is 19.1 Å². The van der Waals surface area contributed by atoms with Gasteiger partial charge in [0.25, 0.3) is 11.8 Å². The number of esters is 1. The minimum absolute atomic E-state index is 0.145. The highest BCUT2D eigenvalue weighted by molar-refractivity contribution is 6.30. The van der Waals surface area contributed by atoms with Gasteiger partial charge in [0.05, 0.1) is 19.1 Å². The lowest BCUT2D eigenvalue weighted by Crippen LogP contribution is -2.41. The molecule has 0 bridgehead atoms. The first-order valence-electron chi connectivity index (χ1n) is 10.5. The van der Waals surface area contributed by atoms with Crippen molar-refractivity contribution in [1.29, 1.82) is 0 Å². The molecule has 0 unspecified atom stereocenters. The quantitative estimate of drug-likeness (QED) is 0.662. The van der Waals surface area contributed by atoms with Gasteiger partial charge in [0, 0.05) is 37.3 Å². The molecule has 1 aromatic carbocycles. The Labute approximate surface area is 185 Å². The SMILES string of the molecule is CCOC(=O)C1CCN(C(=O)c2cc3n(n2)CCN(Cc2ccc(Cl)cc2)C3=O)CC1. The molecule has 3 heterocycles. The molecular weight excluding hydrogens is 420 g/mol. The third-order valence-corrected chi connectivity index (χ3v) is 6.03. The molecule has 2 aliphatic heterocycles. The number of ether oxygens (including phenoxy) is 1. The summed E-state index contributed by atoms with van der Waals surface area (Å²) in [6.45, 7) is 4.63. The largest absolute Gasteiger partial charge is 0.466 e. The zero-order valence-electron chi connectivity index (χ0n) is 17.4. The molecule has 0 aliphatic carbocycles. The summed E-state index contributed by atoms with van der Waals surface area (Å²) in [4.78, 5) is 41.2. The minimum atomic E-state index is -0.207. The van der Waals surface area contributed by atoms with E-state index in [9.17, 15) is 14.4 Å². The van der Waals surface area contributed by atoms with Crippen LogP contribution in [-0.2, 0) is 22.6 Å². The second-order valence-electron chi connectivity index (χ2n) is 7.81. The number of aromatic nitrogens is 2. The Morgan fingerprint density at radius 1 is 1.13 bits per heavy atom. The summed E-state index contributed by atoms with van der Waals surface area (Å²) in [6, 6.07) is 8.98. The van der Waals surface area contributed by atoms with E-state index < -0.39 is 0 Å². The van der Waals surface area contributed by atoms with Crippen molar-refractivity contribution in [2.75, 3.05) is 26.2 Å². The molecule has 8 nitrogen and oxygen atoms in total. The Balaban J connectivity index is 1.40. The van der Waals surface area contributed by atoms with Crippen LogP contribution in [0.4, 0.5) is 0 Å². The first kappa shape index (κ1) is 21.4. The lowest BCUT2D eigenvalue weighted by molar-refractivity contribution is -0.149. The van der Waals surface area contributed by atoms with Gasteiger partial charge < -0.3 is 14.5 Å². The van der Waals surface area contributed by atoms with E-state index in [2.05, 4.69) is 5.10 Å². The number of carbonyl (C=O) groups is 3. The maximum atomic E-state index is 12.9. The van der Waals surface area contributed by atoms with Crippen LogP contribution in [0, 0.1) is 5.92 Å². The van der Waals surface area contributed by atoms with Crippen molar-refractivity contribution < 1.29 is 19.1 Å². The van der Waals surface area contributed by atoms with E-state index in [0.717, 1.165) is 5.56 Å². The van der Waals surface area contributed by atoms with Gasteiger partial charge in [0.15, 0.2) is 5.69 Å². The second kappa shape index (κ2) is 9.09. The molecule has 2 aromatic rings. The monoisotopic (exact) mass is 444 g/mol. The summed E-state index contributed by atoms with van der Waals surface area (Å²) in [7, 11) is 0. The zero-order chi connectivity index (χ0) is 22.0. The third-order valence-electron chi connectivity index (χ3n) is 5.78.